The maximum Gasteiger partial charge on any atom is 0.184 e. The van der Waals surface area contributed by atoms with Crippen LogP contribution in [0.15, 0.2) is 71.4 Å². The van der Waals surface area contributed by atoms with E-state index in [0.717, 1.165) is 23.3 Å². The van der Waals surface area contributed by atoms with Crippen LogP contribution in [0.4, 0.5) is 0 Å². The second-order valence-electron chi connectivity index (χ2n) is 14.4. The molecule has 5 atom stereocenters. The lowest BCUT2D eigenvalue weighted by Gasteiger charge is -2.61. The van der Waals surface area contributed by atoms with E-state index in [1.807, 2.05) is 47.6 Å². The zero-order chi connectivity index (χ0) is 34.2. The van der Waals surface area contributed by atoms with Crippen LogP contribution in [0.1, 0.15) is 93.1 Å². The molecule has 0 aliphatic heterocycles. The van der Waals surface area contributed by atoms with E-state index in [4.69, 9.17) is 0 Å². The number of ketones is 3. The van der Waals surface area contributed by atoms with Gasteiger partial charge in [0, 0.05) is 5.56 Å². The summed E-state index contributed by atoms with van der Waals surface area (Å²) in [5.74, 6) is -4.27. The molecule has 2 bridgehead atoms. The molecule has 2 aliphatic carbocycles. The summed E-state index contributed by atoms with van der Waals surface area (Å²) >= 11 is 0. The minimum absolute atomic E-state index is 0.00714. The number of carbonyl (C=O) groups is 3. The topological polar surface area (TPSA) is 132 Å². The molecule has 45 heavy (non-hydrogen) atoms. The van der Waals surface area contributed by atoms with Crippen molar-refractivity contribution in [3.05, 3.63) is 76.9 Å². The van der Waals surface area contributed by atoms with Gasteiger partial charge in [-0.15, -0.1) is 0 Å². The zero-order valence-electron chi connectivity index (χ0n) is 28.1. The van der Waals surface area contributed by atoms with E-state index < -0.39 is 68.4 Å². The number of aromatic hydroxyl groups is 2. The van der Waals surface area contributed by atoms with Gasteiger partial charge in [0.25, 0.3) is 0 Å². The summed E-state index contributed by atoms with van der Waals surface area (Å²) in [4.78, 5) is 45.0. The van der Waals surface area contributed by atoms with Crippen LogP contribution in [-0.2, 0) is 14.4 Å². The van der Waals surface area contributed by atoms with Crippen LogP contribution >= 0.6 is 0 Å². The van der Waals surface area contributed by atoms with Crippen molar-refractivity contribution in [3.63, 3.8) is 0 Å². The largest absolute Gasteiger partial charge is 0.506 e. The lowest BCUT2D eigenvalue weighted by molar-refractivity contribution is -0.177. The van der Waals surface area contributed by atoms with Gasteiger partial charge in [-0.3, -0.25) is 14.4 Å². The van der Waals surface area contributed by atoms with Gasteiger partial charge in [0.15, 0.2) is 28.8 Å². The SMILES string of the molecule is C=C(C)C(C[C@H](O)C(=C)C)C[C@@]12C[C@@H](CC=C(C)C)C(C)(C)[C@@](CC=C(C)C)(C(=O)/C(=C(/O)c3ccc(O)c(O)c3)C1=O)C2=O. The van der Waals surface area contributed by atoms with Gasteiger partial charge in [-0.1, -0.05) is 61.4 Å². The molecule has 1 aromatic carbocycles. The number of aliphatic hydroxyl groups excluding tert-OH is 2. The van der Waals surface area contributed by atoms with Gasteiger partial charge >= 0.3 is 0 Å². The number of hydrogen-bond donors (Lipinski definition) is 4. The van der Waals surface area contributed by atoms with Crippen molar-refractivity contribution in [3.8, 4) is 11.5 Å². The molecule has 1 aromatic rings. The van der Waals surface area contributed by atoms with E-state index in [-0.39, 0.29) is 37.2 Å². The van der Waals surface area contributed by atoms with Crippen LogP contribution < -0.4 is 0 Å². The van der Waals surface area contributed by atoms with E-state index in [1.165, 1.54) is 6.07 Å². The molecule has 0 radical (unpaired) electrons. The van der Waals surface area contributed by atoms with Gasteiger partial charge in [0.05, 0.1) is 11.5 Å². The number of benzene rings is 1. The fourth-order valence-electron chi connectivity index (χ4n) is 7.18. The number of hydrogen-bond acceptors (Lipinski definition) is 7. The van der Waals surface area contributed by atoms with Gasteiger partial charge in [-0.25, -0.2) is 0 Å². The van der Waals surface area contributed by atoms with Crippen LogP contribution in [-0.4, -0.2) is 43.9 Å². The zero-order valence-corrected chi connectivity index (χ0v) is 28.1. The van der Waals surface area contributed by atoms with Crippen molar-refractivity contribution in [2.75, 3.05) is 0 Å². The summed E-state index contributed by atoms with van der Waals surface area (Å²) in [6.45, 7) is 23.1. The molecular weight excluding hydrogens is 568 g/mol. The number of phenolic OH excluding ortho intramolecular Hbond substituents is 2. The summed E-state index contributed by atoms with van der Waals surface area (Å²) in [6, 6.07) is 3.56. The molecular formula is C38H50O7. The molecule has 7 heteroatoms. The Bertz CT molecular complexity index is 1510. The van der Waals surface area contributed by atoms with Gasteiger partial charge in [-0.05, 0) is 109 Å². The minimum atomic E-state index is -1.69. The predicted octanol–water partition coefficient (Wildman–Crippen LogP) is 7.73. The van der Waals surface area contributed by atoms with E-state index in [0.29, 0.717) is 17.6 Å². The number of allylic oxidation sites excluding steroid dienone is 6. The fraction of sp³-hybridized carbons (Fsp3) is 0.500. The average Bonchev–Trinajstić information content (AvgIpc) is 2.93. The van der Waals surface area contributed by atoms with E-state index >= 15 is 4.79 Å². The summed E-state index contributed by atoms with van der Waals surface area (Å²) in [5.41, 5.74) is -1.62. The summed E-state index contributed by atoms with van der Waals surface area (Å²) < 4.78 is 0. The maximum atomic E-state index is 15.2. The first kappa shape index (κ1) is 35.8. The third-order valence-electron chi connectivity index (χ3n) is 10.3. The Hall–Kier alpha value is -3.71. The van der Waals surface area contributed by atoms with E-state index in [1.54, 1.807) is 13.8 Å². The van der Waals surface area contributed by atoms with Crippen LogP contribution in [0.2, 0.25) is 0 Å². The predicted molar refractivity (Wildman–Crippen MR) is 178 cm³/mol. The average molecular weight is 619 g/mol. The molecule has 7 nitrogen and oxygen atoms in total. The molecule has 0 saturated heterocycles. The Morgan fingerprint density at radius 3 is 2.04 bits per heavy atom. The molecule has 4 N–H and O–H groups in total. The van der Waals surface area contributed by atoms with Crippen LogP contribution in [0.5, 0.6) is 11.5 Å². The molecule has 2 saturated carbocycles. The lowest BCUT2D eigenvalue weighted by atomic mass is 9.38. The molecule has 2 aliphatic rings. The number of Topliss-reactive ketones (excluding diaryl/α,β-unsaturated/α-hetero) is 3. The smallest absolute Gasteiger partial charge is 0.184 e. The molecule has 3 rings (SSSR count). The van der Waals surface area contributed by atoms with Crippen molar-refractivity contribution < 1.29 is 34.8 Å². The molecule has 0 heterocycles. The summed E-state index contributed by atoms with van der Waals surface area (Å²) in [6.07, 6.45) is 3.98. The maximum absolute atomic E-state index is 15.2. The Kier molecular flexibility index (Phi) is 10.3. The molecule has 0 spiro atoms. The molecule has 2 fully saturated rings. The molecule has 244 valence electrons. The van der Waals surface area contributed by atoms with E-state index in [2.05, 4.69) is 19.2 Å². The fourth-order valence-corrected chi connectivity index (χ4v) is 7.18. The Labute approximate surface area is 267 Å². The highest BCUT2D eigenvalue weighted by Gasteiger charge is 2.74. The first-order valence-corrected chi connectivity index (χ1v) is 15.6. The number of carbonyl (C=O) groups excluding carboxylic acids is 3. The number of aliphatic hydroxyl groups is 2. The van der Waals surface area contributed by atoms with Crippen molar-refractivity contribution in [2.45, 2.75) is 93.6 Å². The van der Waals surface area contributed by atoms with E-state index in [9.17, 15) is 30.0 Å². The quantitative estimate of drug-likeness (QED) is 0.0498. The first-order chi connectivity index (χ1) is 20.7. The van der Waals surface area contributed by atoms with Crippen LogP contribution in [0.25, 0.3) is 5.76 Å². The minimum Gasteiger partial charge on any atom is -0.506 e. The highest BCUT2D eigenvalue weighted by molar-refractivity contribution is 6.41. The third-order valence-corrected chi connectivity index (χ3v) is 10.3. The normalized spacial score (nSPS) is 26.5. The second kappa shape index (κ2) is 13.0. The molecule has 1 unspecified atom stereocenters. The number of rotatable bonds is 11. The highest BCUT2D eigenvalue weighted by atomic mass is 16.3. The third kappa shape index (κ3) is 6.24. The summed E-state index contributed by atoms with van der Waals surface area (Å²) in [7, 11) is 0. The van der Waals surface area contributed by atoms with Gasteiger partial charge in [0.1, 0.15) is 16.7 Å². The summed E-state index contributed by atoms with van der Waals surface area (Å²) in [5, 5.41) is 42.6. The highest BCUT2D eigenvalue weighted by Crippen LogP contribution is 2.66. The Balaban J connectivity index is 2.46. The van der Waals surface area contributed by atoms with Gasteiger partial charge < -0.3 is 20.4 Å². The Morgan fingerprint density at radius 1 is 0.933 bits per heavy atom. The van der Waals surface area contributed by atoms with Crippen LogP contribution in [0.3, 0.4) is 0 Å². The molecule has 0 amide bonds. The molecule has 0 aromatic heterocycles. The standard InChI is InChI=1S/C38H50O7/c1-21(2)11-13-27-20-37(19-26(23(5)6)18-29(40)24(7)8)33(43)31(32(42)25-12-14-28(39)30(41)17-25)34(44)38(35(37)45,36(27,9)10)16-15-22(3)4/h11-12,14-15,17,26-27,29,39-42H,5,7,13,16,18-20H2,1-4,6,8-10H3/b32-31+/t26?,27-,29+,37-,38+/m1/s1. The lowest BCUT2D eigenvalue weighted by Crippen LogP contribution is -2.69. The number of fused-ring (bicyclic) bond motifs is 2. The van der Waals surface area contributed by atoms with Crippen molar-refractivity contribution in [2.24, 2.45) is 28.1 Å². The first-order valence-electron chi connectivity index (χ1n) is 15.6. The number of phenols is 2. The van der Waals surface area contributed by atoms with Gasteiger partial charge in [-0.2, -0.15) is 0 Å². The van der Waals surface area contributed by atoms with Crippen molar-refractivity contribution in [1.29, 1.82) is 0 Å². The Morgan fingerprint density at radius 2 is 1.53 bits per heavy atom. The van der Waals surface area contributed by atoms with Crippen molar-refractivity contribution in [1.82, 2.24) is 0 Å². The van der Waals surface area contributed by atoms with Gasteiger partial charge in [0.2, 0.25) is 0 Å². The monoisotopic (exact) mass is 618 g/mol. The second-order valence-corrected chi connectivity index (χ2v) is 14.4. The van der Waals surface area contributed by atoms with Crippen LogP contribution in [0, 0.1) is 28.1 Å². The van der Waals surface area contributed by atoms with Crippen molar-refractivity contribution >= 4 is 23.1 Å².